The van der Waals surface area contributed by atoms with Gasteiger partial charge in [0.2, 0.25) is 0 Å². The first-order valence-electron chi connectivity index (χ1n) is 5.36. The largest absolute Gasteiger partial charge is 0.301 e. The van der Waals surface area contributed by atoms with Crippen molar-refractivity contribution in [3.63, 3.8) is 0 Å². The molecule has 1 aromatic carbocycles. The van der Waals surface area contributed by atoms with Gasteiger partial charge in [-0.2, -0.15) is 5.26 Å². The first kappa shape index (κ1) is 13.0. The smallest absolute Gasteiger partial charge is 0.0666 e. The zero-order valence-electron chi connectivity index (χ0n) is 10.00. The van der Waals surface area contributed by atoms with Crippen molar-refractivity contribution in [2.45, 2.75) is 20.4 Å². The molecule has 2 nitrogen and oxygen atoms in total. The third kappa shape index (κ3) is 3.84. The fraction of sp³-hybridized carbons (Fsp3) is 0.462. The molecule has 1 unspecified atom stereocenters. The lowest BCUT2D eigenvalue weighted by Gasteiger charge is -2.18. The highest BCUT2D eigenvalue weighted by Gasteiger charge is 2.08. The predicted octanol–water partition coefficient (Wildman–Crippen LogP) is 3.24. The Morgan fingerprint density at radius 3 is 2.75 bits per heavy atom. The van der Waals surface area contributed by atoms with Crippen LogP contribution in [0.4, 0.5) is 0 Å². The number of nitrogens with zero attached hydrogens (tertiary/aromatic N) is 2. The molecule has 16 heavy (non-hydrogen) atoms. The zero-order valence-corrected chi connectivity index (χ0v) is 10.8. The van der Waals surface area contributed by atoms with Crippen molar-refractivity contribution in [3.05, 3.63) is 34.3 Å². The van der Waals surface area contributed by atoms with Gasteiger partial charge in [0.15, 0.2) is 0 Å². The summed E-state index contributed by atoms with van der Waals surface area (Å²) in [5.74, 6) is 0.0502. The van der Waals surface area contributed by atoms with Crippen LogP contribution >= 0.6 is 11.6 Å². The third-order valence-corrected chi connectivity index (χ3v) is 2.81. The van der Waals surface area contributed by atoms with Crippen molar-refractivity contribution in [2.24, 2.45) is 5.92 Å². The molecule has 1 atom stereocenters. The number of aryl methyl sites for hydroxylation is 1. The Balaban J connectivity index is 2.63. The van der Waals surface area contributed by atoms with Gasteiger partial charge in [0.25, 0.3) is 0 Å². The van der Waals surface area contributed by atoms with E-state index in [0.717, 1.165) is 23.7 Å². The Labute approximate surface area is 102 Å². The van der Waals surface area contributed by atoms with E-state index >= 15 is 0 Å². The van der Waals surface area contributed by atoms with Crippen LogP contribution in [0.3, 0.4) is 0 Å². The molecule has 0 aromatic heterocycles. The first-order chi connectivity index (χ1) is 7.52. The van der Waals surface area contributed by atoms with E-state index in [4.69, 9.17) is 16.9 Å². The molecule has 0 spiro atoms. The van der Waals surface area contributed by atoms with E-state index in [1.165, 1.54) is 5.56 Å². The summed E-state index contributed by atoms with van der Waals surface area (Å²) in [6, 6.07) is 8.31. The summed E-state index contributed by atoms with van der Waals surface area (Å²) in [5.41, 5.74) is 2.28. The average Bonchev–Trinajstić information content (AvgIpc) is 2.22. The summed E-state index contributed by atoms with van der Waals surface area (Å²) < 4.78 is 0. The average molecular weight is 237 g/mol. The lowest BCUT2D eigenvalue weighted by atomic mass is 10.1. The van der Waals surface area contributed by atoms with Crippen molar-refractivity contribution in [2.75, 3.05) is 13.6 Å². The molecular weight excluding hydrogens is 220 g/mol. The van der Waals surface area contributed by atoms with Crippen LogP contribution in [-0.2, 0) is 6.54 Å². The summed E-state index contributed by atoms with van der Waals surface area (Å²) >= 11 is 6.15. The summed E-state index contributed by atoms with van der Waals surface area (Å²) in [6.45, 7) is 5.50. The topological polar surface area (TPSA) is 27.0 Å². The first-order valence-corrected chi connectivity index (χ1v) is 5.74. The van der Waals surface area contributed by atoms with Crippen molar-refractivity contribution < 1.29 is 0 Å². The van der Waals surface area contributed by atoms with E-state index in [0.29, 0.717) is 0 Å². The molecule has 86 valence electrons. The van der Waals surface area contributed by atoms with Gasteiger partial charge >= 0.3 is 0 Å². The van der Waals surface area contributed by atoms with Crippen molar-refractivity contribution in [1.29, 1.82) is 5.26 Å². The van der Waals surface area contributed by atoms with Gasteiger partial charge in [-0.05, 0) is 38.1 Å². The molecule has 0 saturated carbocycles. The number of hydrogen-bond acceptors (Lipinski definition) is 2. The normalized spacial score (nSPS) is 12.5. The monoisotopic (exact) mass is 236 g/mol. The highest BCUT2D eigenvalue weighted by atomic mass is 35.5. The van der Waals surface area contributed by atoms with Gasteiger partial charge in [0.1, 0.15) is 0 Å². The second-order valence-electron chi connectivity index (χ2n) is 4.32. The summed E-state index contributed by atoms with van der Waals surface area (Å²) in [4.78, 5) is 2.12. The standard InChI is InChI=1S/C13H17ClN2/c1-10-4-5-12(13(14)6-10)9-16(3)8-11(2)7-15/h4-6,11H,8-9H2,1-3H3. The van der Waals surface area contributed by atoms with E-state index in [2.05, 4.69) is 17.0 Å². The maximum atomic E-state index is 8.74. The highest BCUT2D eigenvalue weighted by molar-refractivity contribution is 6.31. The van der Waals surface area contributed by atoms with Gasteiger partial charge in [-0.3, -0.25) is 0 Å². The van der Waals surface area contributed by atoms with Crippen molar-refractivity contribution in [3.8, 4) is 6.07 Å². The zero-order chi connectivity index (χ0) is 12.1. The van der Waals surface area contributed by atoms with Crippen LogP contribution < -0.4 is 0 Å². The molecule has 0 N–H and O–H groups in total. The molecule has 0 amide bonds. The molecule has 3 heteroatoms. The molecule has 0 heterocycles. The molecule has 0 aliphatic rings. The van der Waals surface area contributed by atoms with E-state index in [1.807, 2.05) is 33.0 Å². The van der Waals surface area contributed by atoms with Crippen LogP contribution in [0, 0.1) is 24.2 Å². The highest BCUT2D eigenvalue weighted by Crippen LogP contribution is 2.19. The number of benzene rings is 1. The molecule has 1 aromatic rings. The minimum absolute atomic E-state index is 0.0502. The maximum Gasteiger partial charge on any atom is 0.0666 e. The Kier molecular flexibility index (Phi) is 4.79. The van der Waals surface area contributed by atoms with Gasteiger partial charge < -0.3 is 4.90 Å². The minimum atomic E-state index is 0.0502. The van der Waals surface area contributed by atoms with Gasteiger partial charge in [-0.25, -0.2) is 0 Å². The minimum Gasteiger partial charge on any atom is -0.301 e. The molecule has 0 saturated heterocycles. The quantitative estimate of drug-likeness (QED) is 0.803. The fourth-order valence-electron chi connectivity index (χ4n) is 1.64. The van der Waals surface area contributed by atoms with E-state index in [-0.39, 0.29) is 5.92 Å². The van der Waals surface area contributed by atoms with Gasteiger partial charge in [0.05, 0.1) is 12.0 Å². The van der Waals surface area contributed by atoms with Crippen LogP contribution in [0.1, 0.15) is 18.1 Å². The molecule has 0 fully saturated rings. The Bertz CT molecular complexity index is 395. The lowest BCUT2D eigenvalue weighted by molar-refractivity contribution is 0.303. The second-order valence-corrected chi connectivity index (χ2v) is 4.73. The molecule has 1 rings (SSSR count). The van der Waals surface area contributed by atoms with Crippen LogP contribution in [0.5, 0.6) is 0 Å². The number of nitriles is 1. The molecule has 0 bridgehead atoms. The van der Waals surface area contributed by atoms with E-state index in [1.54, 1.807) is 0 Å². The predicted molar refractivity (Wildman–Crippen MR) is 67.3 cm³/mol. The third-order valence-electron chi connectivity index (χ3n) is 2.45. The van der Waals surface area contributed by atoms with Gasteiger partial charge in [0, 0.05) is 18.1 Å². The van der Waals surface area contributed by atoms with Crippen LogP contribution in [0.15, 0.2) is 18.2 Å². The number of hydrogen-bond donors (Lipinski definition) is 0. The van der Waals surface area contributed by atoms with Crippen LogP contribution in [-0.4, -0.2) is 18.5 Å². The van der Waals surface area contributed by atoms with Gasteiger partial charge in [-0.15, -0.1) is 0 Å². The Hall–Kier alpha value is -1.04. The summed E-state index contributed by atoms with van der Waals surface area (Å²) in [7, 11) is 2.00. The summed E-state index contributed by atoms with van der Waals surface area (Å²) in [5, 5.41) is 9.54. The lowest BCUT2D eigenvalue weighted by Crippen LogP contribution is -2.23. The Morgan fingerprint density at radius 2 is 2.19 bits per heavy atom. The second kappa shape index (κ2) is 5.89. The number of halogens is 1. The molecule has 0 aliphatic heterocycles. The van der Waals surface area contributed by atoms with Crippen LogP contribution in [0.25, 0.3) is 0 Å². The van der Waals surface area contributed by atoms with Crippen molar-refractivity contribution in [1.82, 2.24) is 4.90 Å². The SMILES string of the molecule is Cc1ccc(CN(C)CC(C)C#N)c(Cl)c1. The van der Waals surface area contributed by atoms with E-state index in [9.17, 15) is 0 Å². The molecule has 0 radical (unpaired) electrons. The molecular formula is C13H17ClN2. The van der Waals surface area contributed by atoms with Crippen LogP contribution in [0.2, 0.25) is 5.02 Å². The van der Waals surface area contributed by atoms with E-state index < -0.39 is 0 Å². The van der Waals surface area contributed by atoms with Crippen molar-refractivity contribution >= 4 is 11.6 Å². The molecule has 0 aliphatic carbocycles. The Morgan fingerprint density at radius 1 is 1.50 bits per heavy atom. The fourth-order valence-corrected chi connectivity index (χ4v) is 1.94. The van der Waals surface area contributed by atoms with Gasteiger partial charge in [-0.1, -0.05) is 23.7 Å². The summed E-state index contributed by atoms with van der Waals surface area (Å²) in [6.07, 6.45) is 0. The number of rotatable bonds is 4. The maximum absolute atomic E-state index is 8.74.